The number of aliphatic hydroxyl groups excluding tert-OH is 1. The smallest absolute Gasteiger partial charge is 0.144 e. The first-order valence-electron chi connectivity index (χ1n) is 4.12. The van der Waals surface area contributed by atoms with Crippen LogP contribution in [0.4, 0.5) is 0 Å². The number of hydrogen-bond acceptors (Lipinski definition) is 3. The zero-order chi connectivity index (χ0) is 8.81. The van der Waals surface area contributed by atoms with Crippen molar-refractivity contribution in [1.29, 1.82) is 0 Å². The molecule has 68 valence electrons. The van der Waals surface area contributed by atoms with E-state index in [2.05, 4.69) is 11.8 Å². The Balaban J connectivity index is 2.46. The van der Waals surface area contributed by atoms with Gasteiger partial charge in [0.15, 0.2) is 0 Å². The van der Waals surface area contributed by atoms with Crippen LogP contribution in [0, 0.1) is 11.8 Å². The minimum Gasteiger partial charge on any atom is -0.384 e. The van der Waals surface area contributed by atoms with Gasteiger partial charge in [-0.15, -0.1) is 0 Å². The van der Waals surface area contributed by atoms with Gasteiger partial charge in [0.2, 0.25) is 0 Å². The average molecular weight is 170 g/mol. The Bertz CT molecular complexity index is 180. The third-order valence-electron chi connectivity index (χ3n) is 1.89. The van der Waals surface area contributed by atoms with Crippen LogP contribution in [0.25, 0.3) is 0 Å². The SMILES string of the molecule is CO[C@H]1CCCO[C@H]1C#CCO. The molecule has 1 heterocycles. The van der Waals surface area contributed by atoms with Gasteiger partial charge in [-0.3, -0.25) is 0 Å². The van der Waals surface area contributed by atoms with Crippen LogP contribution in [0.3, 0.4) is 0 Å². The lowest BCUT2D eigenvalue weighted by Crippen LogP contribution is -2.34. The van der Waals surface area contributed by atoms with Gasteiger partial charge < -0.3 is 14.6 Å². The number of ether oxygens (including phenoxy) is 2. The molecule has 1 aliphatic rings. The van der Waals surface area contributed by atoms with Gasteiger partial charge >= 0.3 is 0 Å². The van der Waals surface area contributed by atoms with E-state index in [4.69, 9.17) is 14.6 Å². The topological polar surface area (TPSA) is 38.7 Å². The number of methoxy groups -OCH3 is 1. The predicted molar refractivity (Wildman–Crippen MR) is 44.6 cm³/mol. The maximum atomic E-state index is 8.49. The molecule has 3 heteroatoms. The van der Waals surface area contributed by atoms with Gasteiger partial charge in [-0.05, 0) is 12.8 Å². The summed E-state index contributed by atoms with van der Waals surface area (Å²) in [6.45, 7) is 0.626. The molecule has 2 atom stereocenters. The van der Waals surface area contributed by atoms with E-state index in [1.807, 2.05) is 0 Å². The van der Waals surface area contributed by atoms with Crippen LogP contribution >= 0.6 is 0 Å². The van der Waals surface area contributed by atoms with E-state index in [-0.39, 0.29) is 18.8 Å². The van der Waals surface area contributed by atoms with E-state index in [0.29, 0.717) is 0 Å². The van der Waals surface area contributed by atoms with Crippen molar-refractivity contribution < 1.29 is 14.6 Å². The molecule has 0 aromatic carbocycles. The first-order valence-corrected chi connectivity index (χ1v) is 4.12. The van der Waals surface area contributed by atoms with Crippen LogP contribution in [0.15, 0.2) is 0 Å². The first-order chi connectivity index (χ1) is 5.88. The predicted octanol–water partition coefficient (Wildman–Crippen LogP) is 0.176. The summed E-state index contributed by atoms with van der Waals surface area (Å²) in [6, 6.07) is 0. The van der Waals surface area contributed by atoms with Crippen LogP contribution in [0.2, 0.25) is 0 Å². The van der Waals surface area contributed by atoms with Crippen molar-refractivity contribution in [3.8, 4) is 11.8 Å². The maximum Gasteiger partial charge on any atom is 0.144 e. The van der Waals surface area contributed by atoms with Gasteiger partial charge in [-0.2, -0.15) is 0 Å². The second-order valence-electron chi connectivity index (χ2n) is 2.69. The monoisotopic (exact) mass is 170 g/mol. The van der Waals surface area contributed by atoms with Crippen molar-refractivity contribution in [3.63, 3.8) is 0 Å². The lowest BCUT2D eigenvalue weighted by molar-refractivity contribution is -0.0632. The van der Waals surface area contributed by atoms with E-state index in [0.717, 1.165) is 19.4 Å². The molecule has 3 nitrogen and oxygen atoms in total. The Labute approximate surface area is 72.7 Å². The molecular weight excluding hydrogens is 156 g/mol. The summed E-state index contributed by atoms with van der Waals surface area (Å²) in [7, 11) is 1.66. The highest BCUT2D eigenvalue weighted by Crippen LogP contribution is 2.15. The van der Waals surface area contributed by atoms with E-state index in [9.17, 15) is 0 Å². The molecule has 0 spiro atoms. The van der Waals surface area contributed by atoms with E-state index in [1.54, 1.807) is 7.11 Å². The zero-order valence-corrected chi connectivity index (χ0v) is 7.25. The molecule has 1 rings (SSSR count). The maximum absolute atomic E-state index is 8.49. The molecule has 0 amide bonds. The fourth-order valence-electron chi connectivity index (χ4n) is 1.28. The molecule has 0 bridgehead atoms. The summed E-state index contributed by atoms with van der Waals surface area (Å²) < 4.78 is 10.6. The molecule has 0 unspecified atom stereocenters. The highest BCUT2D eigenvalue weighted by molar-refractivity contribution is 5.08. The van der Waals surface area contributed by atoms with Crippen molar-refractivity contribution in [2.45, 2.75) is 25.0 Å². The molecule has 1 aliphatic heterocycles. The molecular formula is C9H14O3. The third kappa shape index (κ3) is 2.49. The fourth-order valence-corrected chi connectivity index (χ4v) is 1.28. The molecule has 1 fully saturated rings. The molecule has 1 saturated heterocycles. The Morgan fingerprint density at radius 2 is 2.50 bits per heavy atom. The van der Waals surface area contributed by atoms with Crippen LogP contribution in [0.5, 0.6) is 0 Å². The van der Waals surface area contributed by atoms with Gasteiger partial charge in [0.1, 0.15) is 12.7 Å². The normalized spacial score (nSPS) is 29.2. The minimum absolute atomic E-state index is 0.0674. The molecule has 0 aromatic heterocycles. The second-order valence-corrected chi connectivity index (χ2v) is 2.69. The Hall–Kier alpha value is -0.560. The summed E-state index contributed by atoms with van der Waals surface area (Å²) in [4.78, 5) is 0. The van der Waals surface area contributed by atoms with Gasteiger partial charge in [-0.1, -0.05) is 11.8 Å². The molecule has 0 radical (unpaired) electrons. The summed E-state index contributed by atoms with van der Waals surface area (Å²) in [5.41, 5.74) is 0. The summed E-state index contributed by atoms with van der Waals surface area (Å²) in [5, 5.41) is 8.49. The molecule has 0 saturated carbocycles. The number of rotatable bonds is 1. The van der Waals surface area contributed by atoms with E-state index in [1.165, 1.54) is 0 Å². The van der Waals surface area contributed by atoms with Gasteiger partial charge in [0, 0.05) is 13.7 Å². The summed E-state index contributed by atoms with van der Waals surface area (Å²) >= 11 is 0. The lowest BCUT2D eigenvalue weighted by Gasteiger charge is -2.26. The molecule has 12 heavy (non-hydrogen) atoms. The van der Waals surface area contributed by atoms with Crippen LogP contribution in [0.1, 0.15) is 12.8 Å². The van der Waals surface area contributed by atoms with Crippen molar-refractivity contribution in [3.05, 3.63) is 0 Å². The molecule has 0 aromatic rings. The van der Waals surface area contributed by atoms with Crippen molar-refractivity contribution >= 4 is 0 Å². The number of aliphatic hydroxyl groups is 1. The van der Waals surface area contributed by atoms with Crippen molar-refractivity contribution in [2.75, 3.05) is 20.3 Å². The zero-order valence-electron chi connectivity index (χ0n) is 7.25. The quantitative estimate of drug-likeness (QED) is 0.570. The van der Waals surface area contributed by atoms with Crippen LogP contribution < -0.4 is 0 Å². The van der Waals surface area contributed by atoms with Crippen molar-refractivity contribution in [2.24, 2.45) is 0 Å². The Morgan fingerprint density at radius 3 is 3.17 bits per heavy atom. The second kappa shape index (κ2) is 5.15. The largest absolute Gasteiger partial charge is 0.384 e. The van der Waals surface area contributed by atoms with Gasteiger partial charge in [0.25, 0.3) is 0 Å². The molecule has 1 N–H and O–H groups in total. The highest BCUT2D eigenvalue weighted by atomic mass is 16.5. The number of hydrogen-bond donors (Lipinski definition) is 1. The fraction of sp³-hybridized carbons (Fsp3) is 0.778. The van der Waals surface area contributed by atoms with Crippen LogP contribution in [-0.4, -0.2) is 37.6 Å². The standard InChI is InChI=1S/C9H14O3/c1-11-8-5-3-7-12-9(8)4-2-6-10/h8-10H,3,5-7H2,1H3/t8-,9-/m0/s1. The van der Waals surface area contributed by atoms with E-state index < -0.39 is 0 Å². The minimum atomic E-state index is -0.157. The lowest BCUT2D eigenvalue weighted by atomic mass is 10.1. The Morgan fingerprint density at radius 1 is 1.67 bits per heavy atom. The van der Waals surface area contributed by atoms with Crippen LogP contribution in [-0.2, 0) is 9.47 Å². The average Bonchev–Trinajstić information content (AvgIpc) is 2.15. The third-order valence-corrected chi connectivity index (χ3v) is 1.89. The summed E-state index contributed by atoms with van der Waals surface area (Å²) in [5.74, 6) is 5.41. The highest BCUT2D eigenvalue weighted by Gasteiger charge is 2.23. The first kappa shape index (κ1) is 9.53. The van der Waals surface area contributed by atoms with Crippen molar-refractivity contribution in [1.82, 2.24) is 0 Å². The molecule has 0 aliphatic carbocycles. The van der Waals surface area contributed by atoms with E-state index >= 15 is 0 Å². The summed E-state index contributed by atoms with van der Waals surface area (Å²) in [6.07, 6.45) is 1.92. The van der Waals surface area contributed by atoms with Gasteiger partial charge in [-0.25, -0.2) is 0 Å². The van der Waals surface area contributed by atoms with Gasteiger partial charge in [0.05, 0.1) is 6.10 Å². The Kier molecular flexibility index (Phi) is 4.09.